The van der Waals surface area contributed by atoms with Gasteiger partial charge in [0.1, 0.15) is 0 Å². The molecular formula is C15H23N3O. The van der Waals surface area contributed by atoms with E-state index in [-0.39, 0.29) is 11.3 Å². The fourth-order valence-corrected chi connectivity index (χ4v) is 2.73. The van der Waals surface area contributed by atoms with E-state index in [0.29, 0.717) is 12.5 Å². The van der Waals surface area contributed by atoms with E-state index in [2.05, 4.69) is 17.2 Å². The highest BCUT2D eigenvalue weighted by atomic mass is 16.2. The van der Waals surface area contributed by atoms with Crippen molar-refractivity contribution >= 4 is 11.6 Å². The molecule has 3 N–H and O–H groups in total. The largest absolute Gasteiger partial charge is 0.329 e. The van der Waals surface area contributed by atoms with Gasteiger partial charge in [-0.1, -0.05) is 6.92 Å². The minimum atomic E-state index is -0.385. The fourth-order valence-electron chi connectivity index (χ4n) is 2.73. The Kier molecular flexibility index (Phi) is 4.20. The molecule has 0 radical (unpaired) electrons. The smallest absolute Gasteiger partial charge is 0.231 e. The standard InChI is InChI=1S/C15H23N3O/c1-11-3-6-15(10-16,7-4-11)14(19)18-13-5-8-17-12(2)9-13/h5,8-9,11H,3-4,6-7,10,16H2,1-2H3,(H,17,18,19). The summed E-state index contributed by atoms with van der Waals surface area (Å²) in [5.74, 6) is 0.767. The van der Waals surface area contributed by atoms with Gasteiger partial charge in [-0.3, -0.25) is 9.78 Å². The van der Waals surface area contributed by atoms with Crippen molar-refractivity contribution < 1.29 is 4.79 Å². The van der Waals surface area contributed by atoms with Crippen LogP contribution < -0.4 is 11.1 Å². The Labute approximate surface area is 114 Å². The number of aryl methyl sites for hydroxylation is 1. The molecule has 1 aliphatic rings. The van der Waals surface area contributed by atoms with Crippen molar-refractivity contribution in [1.82, 2.24) is 4.98 Å². The number of hydrogen-bond acceptors (Lipinski definition) is 3. The van der Waals surface area contributed by atoms with Gasteiger partial charge in [-0.15, -0.1) is 0 Å². The van der Waals surface area contributed by atoms with Gasteiger partial charge in [-0.05, 0) is 50.7 Å². The molecule has 0 saturated heterocycles. The van der Waals surface area contributed by atoms with Gasteiger partial charge in [-0.25, -0.2) is 0 Å². The second kappa shape index (κ2) is 5.70. The van der Waals surface area contributed by atoms with Crippen LogP contribution in [0.1, 0.15) is 38.3 Å². The maximum atomic E-state index is 12.5. The minimum Gasteiger partial charge on any atom is -0.329 e. The molecule has 1 heterocycles. The Hall–Kier alpha value is -1.42. The molecule has 2 rings (SSSR count). The molecule has 0 unspecified atom stereocenters. The molecule has 104 valence electrons. The Bertz CT molecular complexity index is 450. The number of carbonyl (C=O) groups excluding carboxylic acids is 1. The zero-order chi connectivity index (χ0) is 13.9. The van der Waals surface area contributed by atoms with Crippen LogP contribution in [0, 0.1) is 18.3 Å². The molecule has 4 heteroatoms. The fraction of sp³-hybridized carbons (Fsp3) is 0.600. The van der Waals surface area contributed by atoms with Crippen LogP contribution >= 0.6 is 0 Å². The molecule has 1 aliphatic carbocycles. The number of anilines is 1. The zero-order valence-corrected chi connectivity index (χ0v) is 11.8. The first kappa shape index (κ1) is 14.0. The van der Waals surface area contributed by atoms with Gasteiger partial charge < -0.3 is 11.1 Å². The molecule has 0 bridgehead atoms. The highest BCUT2D eigenvalue weighted by molar-refractivity contribution is 5.95. The number of aromatic nitrogens is 1. The summed E-state index contributed by atoms with van der Waals surface area (Å²) >= 11 is 0. The van der Waals surface area contributed by atoms with Crippen molar-refractivity contribution in [2.24, 2.45) is 17.1 Å². The summed E-state index contributed by atoms with van der Waals surface area (Å²) in [7, 11) is 0. The lowest BCUT2D eigenvalue weighted by Gasteiger charge is -2.37. The average Bonchev–Trinajstić information content (AvgIpc) is 2.40. The van der Waals surface area contributed by atoms with Crippen molar-refractivity contribution in [2.75, 3.05) is 11.9 Å². The van der Waals surface area contributed by atoms with Crippen LogP contribution in [0.15, 0.2) is 18.3 Å². The molecule has 1 aromatic rings. The molecule has 0 aromatic carbocycles. The van der Waals surface area contributed by atoms with E-state index in [1.54, 1.807) is 6.20 Å². The molecule has 4 nitrogen and oxygen atoms in total. The van der Waals surface area contributed by atoms with Crippen molar-refractivity contribution in [1.29, 1.82) is 0 Å². The van der Waals surface area contributed by atoms with Crippen molar-refractivity contribution in [3.8, 4) is 0 Å². The Morgan fingerprint density at radius 3 is 2.79 bits per heavy atom. The van der Waals surface area contributed by atoms with Crippen LogP contribution in [0.4, 0.5) is 5.69 Å². The van der Waals surface area contributed by atoms with E-state index in [1.165, 1.54) is 0 Å². The van der Waals surface area contributed by atoms with Crippen LogP contribution in [0.3, 0.4) is 0 Å². The lowest BCUT2D eigenvalue weighted by atomic mass is 9.70. The predicted octanol–water partition coefficient (Wildman–Crippen LogP) is 2.48. The zero-order valence-electron chi connectivity index (χ0n) is 11.8. The SMILES string of the molecule is Cc1cc(NC(=O)C2(CN)CCC(C)CC2)ccn1. The maximum absolute atomic E-state index is 12.5. The third-order valence-corrected chi connectivity index (χ3v) is 4.26. The van der Waals surface area contributed by atoms with Gasteiger partial charge in [-0.2, -0.15) is 0 Å². The van der Waals surface area contributed by atoms with Gasteiger partial charge in [0.05, 0.1) is 5.41 Å². The second-order valence-electron chi connectivity index (χ2n) is 5.81. The van der Waals surface area contributed by atoms with E-state index in [1.807, 2.05) is 19.1 Å². The first-order valence-corrected chi connectivity index (χ1v) is 7.00. The van der Waals surface area contributed by atoms with E-state index < -0.39 is 0 Å². The summed E-state index contributed by atoms with van der Waals surface area (Å²) in [5.41, 5.74) is 7.22. The Morgan fingerprint density at radius 1 is 1.53 bits per heavy atom. The number of nitrogens with one attached hydrogen (secondary N) is 1. The molecule has 1 amide bonds. The summed E-state index contributed by atoms with van der Waals surface area (Å²) in [6, 6.07) is 3.70. The Balaban J connectivity index is 2.09. The van der Waals surface area contributed by atoms with Crippen LogP contribution in [-0.4, -0.2) is 17.4 Å². The second-order valence-corrected chi connectivity index (χ2v) is 5.81. The van der Waals surface area contributed by atoms with Gasteiger partial charge in [0.2, 0.25) is 5.91 Å². The topological polar surface area (TPSA) is 68.0 Å². The summed E-state index contributed by atoms with van der Waals surface area (Å²) in [4.78, 5) is 16.7. The first-order valence-electron chi connectivity index (χ1n) is 7.00. The lowest BCUT2D eigenvalue weighted by Crippen LogP contribution is -2.44. The number of carbonyl (C=O) groups is 1. The van der Waals surface area contributed by atoms with E-state index in [4.69, 9.17) is 5.73 Å². The molecule has 1 saturated carbocycles. The predicted molar refractivity (Wildman–Crippen MR) is 76.7 cm³/mol. The van der Waals surface area contributed by atoms with Crippen LogP contribution in [-0.2, 0) is 4.79 Å². The van der Waals surface area contributed by atoms with Gasteiger partial charge in [0, 0.05) is 24.1 Å². The minimum absolute atomic E-state index is 0.0625. The van der Waals surface area contributed by atoms with Gasteiger partial charge in [0.25, 0.3) is 0 Å². The highest BCUT2D eigenvalue weighted by Crippen LogP contribution is 2.39. The number of amides is 1. The van der Waals surface area contributed by atoms with Gasteiger partial charge >= 0.3 is 0 Å². The summed E-state index contributed by atoms with van der Waals surface area (Å²) in [5, 5.41) is 3.00. The molecule has 1 fully saturated rings. The number of nitrogens with two attached hydrogens (primary N) is 1. The highest BCUT2D eigenvalue weighted by Gasteiger charge is 2.39. The molecule has 0 spiro atoms. The number of pyridine rings is 1. The number of rotatable bonds is 3. The molecule has 0 aliphatic heterocycles. The maximum Gasteiger partial charge on any atom is 0.231 e. The normalized spacial score (nSPS) is 27.0. The molecule has 0 atom stereocenters. The summed E-state index contributed by atoms with van der Waals surface area (Å²) < 4.78 is 0. The van der Waals surface area contributed by atoms with Crippen molar-refractivity contribution in [3.05, 3.63) is 24.0 Å². The third kappa shape index (κ3) is 3.13. The van der Waals surface area contributed by atoms with Crippen LogP contribution in [0.25, 0.3) is 0 Å². The monoisotopic (exact) mass is 261 g/mol. The van der Waals surface area contributed by atoms with Crippen LogP contribution in [0.2, 0.25) is 0 Å². The van der Waals surface area contributed by atoms with Gasteiger partial charge in [0.15, 0.2) is 0 Å². The van der Waals surface area contributed by atoms with E-state index in [9.17, 15) is 4.79 Å². The summed E-state index contributed by atoms with van der Waals surface area (Å²) in [6.45, 7) is 4.58. The molecule has 19 heavy (non-hydrogen) atoms. The summed E-state index contributed by atoms with van der Waals surface area (Å²) in [6.07, 6.45) is 5.66. The molecular weight excluding hydrogens is 238 g/mol. The molecule has 1 aromatic heterocycles. The van der Waals surface area contributed by atoms with E-state index in [0.717, 1.165) is 37.1 Å². The number of hydrogen-bond donors (Lipinski definition) is 2. The van der Waals surface area contributed by atoms with Crippen molar-refractivity contribution in [2.45, 2.75) is 39.5 Å². The lowest BCUT2D eigenvalue weighted by molar-refractivity contribution is -0.127. The van der Waals surface area contributed by atoms with Crippen molar-refractivity contribution in [3.63, 3.8) is 0 Å². The third-order valence-electron chi connectivity index (χ3n) is 4.26. The number of nitrogens with zero attached hydrogens (tertiary/aromatic N) is 1. The van der Waals surface area contributed by atoms with Crippen LogP contribution in [0.5, 0.6) is 0 Å². The van der Waals surface area contributed by atoms with E-state index >= 15 is 0 Å². The Morgan fingerprint density at radius 2 is 2.21 bits per heavy atom. The quantitative estimate of drug-likeness (QED) is 0.878. The first-order chi connectivity index (χ1) is 9.05. The average molecular weight is 261 g/mol.